The van der Waals surface area contributed by atoms with Gasteiger partial charge in [-0.25, -0.2) is 0 Å². The molecule has 2 aromatic rings. The lowest BCUT2D eigenvalue weighted by atomic mass is 10.1. The summed E-state index contributed by atoms with van der Waals surface area (Å²) in [6.07, 6.45) is 0. The fourth-order valence-electron chi connectivity index (χ4n) is 1.94. The van der Waals surface area contributed by atoms with Crippen LogP contribution in [-0.2, 0) is 5.75 Å². The Kier molecular flexibility index (Phi) is 6.05. The zero-order valence-corrected chi connectivity index (χ0v) is 13.3. The van der Waals surface area contributed by atoms with Gasteiger partial charge in [-0.3, -0.25) is 4.79 Å². The molecule has 0 saturated heterocycles. The van der Waals surface area contributed by atoms with Gasteiger partial charge in [0, 0.05) is 23.6 Å². The molecular formula is C18H18N2OS. The molecule has 0 bridgehead atoms. The molecule has 0 fully saturated rings. The molecule has 2 rings (SSSR count). The third-order valence-corrected chi connectivity index (χ3v) is 4.21. The van der Waals surface area contributed by atoms with Crippen LogP contribution in [-0.4, -0.2) is 18.2 Å². The zero-order valence-electron chi connectivity index (χ0n) is 12.5. The van der Waals surface area contributed by atoms with Crippen LogP contribution in [0.4, 0.5) is 0 Å². The predicted octanol–water partition coefficient (Wildman–Crippen LogP) is 3.53. The van der Waals surface area contributed by atoms with Gasteiger partial charge >= 0.3 is 0 Å². The summed E-state index contributed by atoms with van der Waals surface area (Å²) < 4.78 is 0. The lowest BCUT2D eigenvalue weighted by Gasteiger charge is -2.06. The van der Waals surface area contributed by atoms with Crippen LogP contribution < -0.4 is 5.32 Å². The fraction of sp³-hybridized carbons (Fsp3) is 0.222. The second-order valence-corrected chi connectivity index (χ2v) is 6.09. The molecule has 0 spiro atoms. The van der Waals surface area contributed by atoms with Gasteiger partial charge in [0.2, 0.25) is 0 Å². The van der Waals surface area contributed by atoms with Gasteiger partial charge in [0.15, 0.2) is 0 Å². The second-order valence-electron chi connectivity index (χ2n) is 4.99. The van der Waals surface area contributed by atoms with Crippen LogP contribution in [0, 0.1) is 18.3 Å². The van der Waals surface area contributed by atoms with E-state index in [0.29, 0.717) is 17.7 Å². The van der Waals surface area contributed by atoms with Gasteiger partial charge in [0.05, 0.1) is 11.6 Å². The summed E-state index contributed by atoms with van der Waals surface area (Å²) in [6, 6.07) is 17.3. The minimum atomic E-state index is -0.131. The highest BCUT2D eigenvalue weighted by Crippen LogP contribution is 2.12. The second kappa shape index (κ2) is 8.26. The number of nitrogens with zero attached hydrogens (tertiary/aromatic N) is 1. The number of carbonyl (C=O) groups excluding carboxylic acids is 1. The predicted molar refractivity (Wildman–Crippen MR) is 90.8 cm³/mol. The van der Waals surface area contributed by atoms with Crippen LogP contribution in [0.1, 0.15) is 27.0 Å². The van der Waals surface area contributed by atoms with Gasteiger partial charge in [-0.05, 0) is 30.7 Å². The third kappa shape index (κ3) is 4.94. The van der Waals surface area contributed by atoms with Crippen molar-refractivity contribution in [1.29, 1.82) is 5.26 Å². The van der Waals surface area contributed by atoms with E-state index in [1.54, 1.807) is 36.0 Å². The minimum absolute atomic E-state index is 0.131. The Morgan fingerprint density at radius 2 is 2.00 bits per heavy atom. The molecule has 0 aliphatic heterocycles. The molecule has 0 atom stereocenters. The molecule has 0 saturated carbocycles. The van der Waals surface area contributed by atoms with E-state index in [9.17, 15) is 4.79 Å². The van der Waals surface area contributed by atoms with Crippen molar-refractivity contribution in [1.82, 2.24) is 5.32 Å². The largest absolute Gasteiger partial charge is 0.351 e. The number of nitrogens with one attached hydrogen (secondary N) is 1. The molecule has 3 nitrogen and oxygen atoms in total. The van der Waals surface area contributed by atoms with E-state index in [0.717, 1.165) is 11.5 Å². The van der Waals surface area contributed by atoms with Crippen molar-refractivity contribution in [2.45, 2.75) is 12.7 Å². The first-order valence-electron chi connectivity index (χ1n) is 7.10. The van der Waals surface area contributed by atoms with Gasteiger partial charge in [-0.15, -0.1) is 0 Å². The van der Waals surface area contributed by atoms with Crippen molar-refractivity contribution in [3.63, 3.8) is 0 Å². The molecule has 0 heterocycles. The van der Waals surface area contributed by atoms with E-state index < -0.39 is 0 Å². The number of nitriles is 1. The van der Waals surface area contributed by atoms with E-state index in [2.05, 4.69) is 36.5 Å². The van der Waals surface area contributed by atoms with Gasteiger partial charge in [0.25, 0.3) is 5.91 Å². The first-order chi connectivity index (χ1) is 10.7. The first kappa shape index (κ1) is 16.1. The molecule has 2 aromatic carbocycles. The number of aryl methyl sites for hydroxylation is 1. The lowest BCUT2D eigenvalue weighted by molar-refractivity contribution is 0.0956. The standard InChI is InChI=1S/C18H18N2OS/c1-14-5-7-15(8-6-14)13-22-10-9-20-18(21)17-4-2-3-16(11-17)12-19/h2-8,11H,9-10,13H2,1H3,(H,20,21). The van der Waals surface area contributed by atoms with E-state index in [1.165, 1.54) is 11.1 Å². The number of benzene rings is 2. The molecule has 1 amide bonds. The summed E-state index contributed by atoms with van der Waals surface area (Å²) in [7, 11) is 0. The van der Waals surface area contributed by atoms with Crippen molar-refractivity contribution in [2.75, 3.05) is 12.3 Å². The van der Waals surface area contributed by atoms with Gasteiger partial charge in [-0.1, -0.05) is 35.9 Å². The Labute approximate surface area is 135 Å². The number of carbonyl (C=O) groups is 1. The molecule has 0 aliphatic carbocycles. The number of thioether (sulfide) groups is 1. The molecule has 0 unspecified atom stereocenters. The molecule has 112 valence electrons. The van der Waals surface area contributed by atoms with Gasteiger partial charge < -0.3 is 5.32 Å². The van der Waals surface area contributed by atoms with Crippen molar-refractivity contribution in [3.05, 3.63) is 70.8 Å². The Bertz CT molecular complexity index is 674. The molecule has 0 aromatic heterocycles. The number of amides is 1. The maximum absolute atomic E-state index is 12.0. The molecule has 4 heteroatoms. The topological polar surface area (TPSA) is 52.9 Å². The van der Waals surface area contributed by atoms with E-state index in [-0.39, 0.29) is 5.91 Å². The number of rotatable bonds is 6. The van der Waals surface area contributed by atoms with Crippen LogP contribution in [0.5, 0.6) is 0 Å². The Hall–Kier alpha value is -2.25. The average molecular weight is 310 g/mol. The van der Waals surface area contributed by atoms with E-state index in [1.807, 2.05) is 6.07 Å². The van der Waals surface area contributed by atoms with Crippen LogP contribution in [0.3, 0.4) is 0 Å². The summed E-state index contributed by atoms with van der Waals surface area (Å²) in [4.78, 5) is 12.0. The molecular weight excluding hydrogens is 292 g/mol. The Morgan fingerprint density at radius 3 is 2.73 bits per heavy atom. The highest BCUT2D eigenvalue weighted by atomic mass is 32.2. The van der Waals surface area contributed by atoms with Crippen LogP contribution in [0.15, 0.2) is 48.5 Å². The zero-order chi connectivity index (χ0) is 15.8. The normalized spacial score (nSPS) is 10.0. The smallest absolute Gasteiger partial charge is 0.251 e. The van der Waals surface area contributed by atoms with Crippen LogP contribution in [0.2, 0.25) is 0 Å². The first-order valence-corrected chi connectivity index (χ1v) is 8.26. The monoisotopic (exact) mass is 310 g/mol. The van der Waals surface area contributed by atoms with Gasteiger partial charge in [-0.2, -0.15) is 17.0 Å². The van der Waals surface area contributed by atoms with Crippen molar-refractivity contribution >= 4 is 17.7 Å². The minimum Gasteiger partial charge on any atom is -0.351 e. The lowest BCUT2D eigenvalue weighted by Crippen LogP contribution is -2.25. The summed E-state index contributed by atoms with van der Waals surface area (Å²) in [5.74, 6) is 1.67. The van der Waals surface area contributed by atoms with Crippen molar-refractivity contribution < 1.29 is 4.79 Å². The van der Waals surface area contributed by atoms with Crippen LogP contribution in [0.25, 0.3) is 0 Å². The van der Waals surface area contributed by atoms with Crippen molar-refractivity contribution in [3.8, 4) is 6.07 Å². The average Bonchev–Trinajstić information content (AvgIpc) is 2.56. The number of hydrogen-bond donors (Lipinski definition) is 1. The highest BCUT2D eigenvalue weighted by molar-refractivity contribution is 7.98. The highest BCUT2D eigenvalue weighted by Gasteiger charge is 2.05. The summed E-state index contributed by atoms with van der Waals surface area (Å²) >= 11 is 1.79. The SMILES string of the molecule is Cc1ccc(CSCCNC(=O)c2cccc(C#N)c2)cc1. The van der Waals surface area contributed by atoms with Gasteiger partial charge in [0.1, 0.15) is 0 Å². The maximum atomic E-state index is 12.0. The molecule has 22 heavy (non-hydrogen) atoms. The third-order valence-electron chi connectivity index (χ3n) is 3.18. The Morgan fingerprint density at radius 1 is 1.23 bits per heavy atom. The molecule has 0 aliphatic rings. The van der Waals surface area contributed by atoms with Crippen LogP contribution >= 0.6 is 11.8 Å². The summed E-state index contributed by atoms with van der Waals surface area (Å²) in [6.45, 7) is 2.69. The Balaban J connectivity index is 1.71. The summed E-state index contributed by atoms with van der Waals surface area (Å²) in [5.41, 5.74) is 3.59. The van der Waals surface area contributed by atoms with Crippen molar-refractivity contribution in [2.24, 2.45) is 0 Å². The fourth-order valence-corrected chi connectivity index (χ4v) is 2.76. The maximum Gasteiger partial charge on any atom is 0.251 e. The van der Waals surface area contributed by atoms with E-state index in [4.69, 9.17) is 5.26 Å². The quantitative estimate of drug-likeness (QED) is 0.830. The summed E-state index contributed by atoms with van der Waals surface area (Å²) in [5, 5.41) is 11.7. The van der Waals surface area contributed by atoms with E-state index >= 15 is 0 Å². The molecule has 0 radical (unpaired) electrons. The number of hydrogen-bond acceptors (Lipinski definition) is 3. The molecule has 1 N–H and O–H groups in total.